The zero-order valence-electron chi connectivity index (χ0n) is 19.9. The van der Waals surface area contributed by atoms with Crippen molar-refractivity contribution in [3.8, 4) is 11.3 Å². The van der Waals surface area contributed by atoms with Gasteiger partial charge in [0.15, 0.2) is 17.3 Å². The van der Waals surface area contributed by atoms with Crippen LogP contribution in [0.1, 0.15) is 47.8 Å². The highest BCUT2D eigenvalue weighted by Gasteiger charge is 2.34. The summed E-state index contributed by atoms with van der Waals surface area (Å²) in [6, 6.07) is 13.2. The summed E-state index contributed by atoms with van der Waals surface area (Å²) in [5.74, 6) is -1.96. The van der Waals surface area contributed by atoms with Gasteiger partial charge in [-0.25, -0.2) is 13.8 Å². The van der Waals surface area contributed by atoms with E-state index in [1.165, 1.54) is 6.07 Å². The molecule has 2 heterocycles. The van der Waals surface area contributed by atoms with Crippen LogP contribution in [-0.4, -0.2) is 57.2 Å². The Hall–Kier alpha value is -2.81. The molecule has 2 N–H and O–H groups in total. The van der Waals surface area contributed by atoms with Crippen LogP contribution in [0.25, 0.3) is 11.3 Å². The lowest BCUT2D eigenvalue weighted by molar-refractivity contribution is 0.0628. The molecular formula is C27H31ClF2N4O2. The lowest BCUT2D eigenvalue weighted by Gasteiger charge is -2.36. The van der Waals surface area contributed by atoms with Crippen LogP contribution in [0.15, 0.2) is 54.9 Å². The van der Waals surface area contributed by atoms with Gasteiger partial charge < -0.3 is 19.9 Å². The van der Waals surface area contributed by atoms with Crippen molar-refractivity contribution in [2.24, 2.45) is 0 Å². The summed E-state index contributed by atoms with van der Waals surface area (Å²) >= 11 is 0. The number of aliphatic hydroxyl groups excluding tert-OH is 1. The zero-order valence-corrected chi connectivity index (χ0v) is 20.8. The molecule has 1 aromatic heterocycles. The lowest BCUT2D eigenvalue weighted by atomic mass is 9.92. The molecule has 2 aromatic carbocycles. The number of benzene rings is 2. The molecule has 1 amide bonds. The van der Waals surface area contributed by atoms with Gasteiger partial charge in [0, 0.05) is 31.2 Å². The molecule has 36 heavy (non-hydrogen) atoms. The zero-order chi connectivity index (χ0) is 24.4. The third-order valence-corrected chi connectivity index (χ3v) is 7.16. The van der Waals surface area contributed by atoms with Crippen LogP contribution < -0.4 is 5.32 Å². The van der Waals surface area contributed by atoms with Crippen LogP contribution in [0.5, 0.6) is 0 Å². The topological polar surface area (TPSA) is 70.4 Å². The monoisotopic (exact) mass is 516 g/mol. The van der Waals surface area contributed by atoms with Gasteiger partial charge in [0.2, 0.25) is 0 Å². The Morgan fingerprint density at radius 3 is 2.61 bits per heavy atom. The van der Waals surface area contributed by atoms with E-state index >= 15 is 0 Å². The highest BCUT2D eigenvalue weighted by atomic mass is 35.5. The Labute approximate surface area is 215 Å². The van der Waals surface area contributed by atoms with E-state index in [4.69, 9.17) is 0 Å². The van der Waals surface area contributed by atoms with Crippen molar-refractivity contribution in [3.63, 3.8) is 0 Å². The molecule has 1 saturated carbocycles. The molecule has 6 nitrogen and oxygen atoms in total. The van der Waals surface area contributed by atoms with E-state index in [0.717, 1.165) is 37.3 Å². The number of nitrogens with zero attached hydrogens (tertiary/aromatic N) is 3. The number of aromatic nitrogens is 2. The van der Waals surface area contributed by atoms with Gasteiger partial charge in [0.25, 0.3) is 5.91 Å². The third kappa shape index (κ3) is 5.31. The minimum atomic E-state index is -0.889. The van der Waals surface area contributed by atoms with Crippen LogP contribution in [0.3, 0.4) is 0 Å². The quantitative estimate of drug-likeness (QED) is 0.528. The summed E-state index contributed by atoms with van der Waals surface area (Å²) in [6.07, 6.45) is 5.17. The van der Waals surface area contributed by atoms with Crippen LogP contribution >= 0.6 is 12.4 Å². The Balaban J connectivity index is 0.00000304. The van der Waals surface area contributed by atoms with Crippen molar-refractivity contribution < 1.29 is 18.7 Å². The molecule has 3 aromatic rings. The molecular weight excluding hydrogens is 486 g/mol. The standard InChI is InChI=1S/C27H30F2N4O2.ClH/c28-21-11-10-18(15-22(21)29)14-20-16-30-12-13-32(20)27(35)25-26(19-6-2-1-3-7-19)33(17-31-25)23-8-4-5-9-24(23)34;/h1-3,6-7,10-11,15,17,20,23-24,30,34H,4-5,8-9,12-14,16H2;1H/t20-,23+,24-;/m1./s1. The second kappa shape index (κ2) is 11.5. The minimum absolute atomic E-state index is 0. The predicted octanol–water partition coefficient (Wildman–Crippen LogP) is 4.38. The Kier molecular flexibility index (Phi) is 8.39. The summed E-state index contributed by atoms with van der Waals surface area (Å²) < 4.78 is 29.2. The molecule has 0 radical (unpaired) electrons. The van der Waals surface area contributed by atoms with Gasteiger partial charge >= 0.3 is 0 Å². The van der Waals surface area contributed by atoms with Crippen molar-refractivity contribution in [3.05, 3.63) is 77.8 Å². The molecule has 0 unspecified atom stereocenters. The molecule has 0 spiro atoms. The van der Waals surface area contributed by atoms with Gasteiger partial charge in [0.05, 0.1) is 24.2 Å². The first-order valence-corrected chi connectivity index (χ1v) is 12.3. The Morgan fingerprint density at radius 1 is 1.08 bits per heavy atom. The molecule has 192 valence electrons. The number of carbonyl (C=O) groups is 1. The molecule has 0 bridgehead atoms. The maximum atomic E-state index is 13.9. The fourth-order valence-corrected chi connectivity index (χ4v) is 5.35. The van der Waals surface area contributed by atoms with E-state index in [1.54, 1.807) is 17.3 Å². The van der Waals surface area contributed by atoms with E-state index in [2.05, 4.69) is 10.3 Å². The average molecular weight is 517 g/mol. The van der Waals surface area contributed by atoms with Crippen LogP contribution in [0, 0.1) is 11.6 Å². The highest BCUT2D eigenvalue weighted by Crippen LogP contribution is 2.35. The number of halogens is 3. The van der Waals surface area contributed by atoms with E-state index in [-0.39, 0.29) is 30.4 Å². The fourth-order valence-electron chi connectivity index (χ4n) is 5.35. The maximum Gasteiger partial charge on any atom is 0.275 e. The first kappa shape index (κ1) is 26.3. The largest absolute Gasteiger partial charge is 0.391 e. The molecule has 3 atom stereocenters. The van der Waals surface area contributed by atoms with Crippen molar-refractivity contribution in [2.75, 3.05) is 19.6 Å². The molecule has 1 aliphatic carbocycles. The summed E-state index contributed by atoms with van der Waals surface area (Å²) in [6.45, 7) is 1.68. The van der Waals surface area contributed by atoms with E-state index in [9.17, 15) is 18.7 Å². The number of nitrogens with one attached hydrogen (secondary N) is 1. The van der Waals surface area contributed by atoms with Crippen LogP contribution in [-0.2, 0) is 6.42 Å². The van der Waals surface area contributed by atoms with Crippen molar-refractivity contribution in [2.45, 2.75) is 50.3 Å². The molecule has 9 heteroatoms. The normalized spacial score (nSPS) is 22.2. The number of piperazine rings is 1. The number of carbonyl (C=O) groups excluding carboxylic acids is 1. The maximum absolute atomic E-state index is 13.9. The van der Waals surface area contributed by atoms with Crippen molar-refractivity contribution >= 4 is 18.3 Å². The third-order valence-electron chi connectivity index (χ3n) is 7.16. The molecule has 2 fully saturated rings. The summed E-state index contributed by atoms with van der Waals surface area (Å²) in [5.41, 5.74) is 2.57. The summed E-state index contributed by atoms with van der Waals surface area (Å²) in [4.78, 5) is 20.3. The van der Waals surface area contributed by atoms with Crippen molar-refractivity contribution in [1.82, 2.24) is 19.8 Å². The Bertz CT molecular complexity index is 1190. The minimum Gasteiger partial charge on any atom is -0.391 e. The number of imidazole rings is 1. The first-order valence-electron chi connectivity index (χ1n) is 12.3. The van der Waals surface area contributed by atoms with Gasteiger partial charge in [0.1, 0.15) is 0 Å². The second-order valence-electron chi connectivity index (χ2n) is 9.44. The lowest BCUT2D eigenvalue weighted by Crippen LogP contribution is -2.54. The molecule has 5 rings (SSSR count). The van der Waals surface area contributed by atoms with E-state index in [1.807, 2.05) is 34.9 Å². The number of hydrogen-bond donors (Lipinski definition) is 2. The number of hydrogen-bond acceptors (Lipinski definition) is 4. The van der Waals surface area contributed by atoms with Gasteiger partial charge in [-0.2, -0.15) is 0 Å². The van der Waals surface area contributed by atoms with Crippen LogP contribution in [0.4, 0.5) is 8.78 Å². The molecule has 2 aliphatic rings. The van der Waals surface area contributed by atoms with Gasteiger partial charge in [-0.3, -0.25) is 4.79 Å². The number of aliphatic hydroxyl groups is 1. The smallest absolute Gasteiger partial charge is 0.275 e. The molecule has 1 saturated heterocycles. The van der Waals surface area contributed by atoms with Crippen molar-refractivity contribution in [1.29, 1.82) is 0 Å². The molecule has 1 aliphatic heterocycles. The number of rotatable bonds is 5. The summed E-state index contributed by atoms with van der Waals surface area (Å²) in [5, 5.41) is 14.0. The van der Waals surface area contributed by atoms with E-state index in [0.29, 0.717) is 43.0 Å². The van der Waals surface area contributed by atoms with Gasteiger partial charge in [-0.05, 0) is 37.0 Å². The first-order chi connectivity index (χ1) is 17.0. The number of amides is 1. The Morgan fingerprint density at radius 2 is 1.86 bits per heavy atom. The van der Waals surface area contributed by atoms with Gasteiger partial charge in [-0.15, -0.1) is 12.4 Å². The van der Waals surface area contributed by atoms with Crippen LogP contribution in [0.2, 0.25) is 0 Å². The van der Waals surface area contributed by atoms with Gasteiger partial charge in [-0.1, -0.05) is 49.2 Å². The predicted molar refractivity (Wildman–Crippen MR) is 136 cm³/mol. The highest BCUT2D eigenvalue weighted by molar-refractivity contribution is 5.98. The average Bonchev–Trinajstić information content (AvgIpc) is 3.32. The second-order valence-corrected chi connectivity index (χ2v) is 9.44. The van der Waals surface area contributed by atoms with E-state index < -0.39 is 17.7 Å². The fraction of sp³-hybridized carbons (Fsp3) is 0.407. The summed E-state index contributed by atoms with van der Waals surface area (Å²) in [7, 11) is 0. The SMILES string of the molecule is Cl.O=C(c1ncn([C@H]2CCCC[C@H]2O)c1-c1ccccc1)N1CCNC[C@H]1Cc1ccc(F)c(F)c1.